The lowest BCUT2D eigenvalue weighted by Gasteiger charge is -2.41. The fraction of sp³-hybridized carbons (Fsp3) is 0.977. The second kappa shape index (κ2) is 35.1. The quantitative estimate of drug-likeness (QED) is 0.0196. The van der Waals surface area contributed by atoms with Gasteiger partial charge in [0.15, 0.2) is 0 Å². The number of unbranched alkanes of at least 4 members (excludes halogenated alkanes) is 27. The predicted octanol–water partition coefficient (Wildman–Crippen LogP) is 8.98. The van der Waals surface area contributed by atoms with Crippen molar-refractivity contribution in [3.63, 3.8) is 0 Å². The van der Waals surface area contributed by atoms with Gasteiger partial charge in [0.1, 0.15) is 42.7 Å². The first kappa shape index (κ1) is 53.4. The molecule has 0 aromatic heterocycles. The molecule has 0 aromatic carbocycles. The molecule has 334 valence electrons. The van der Waals surface area contributed by atoms with Crippen LogP contribution in [0.1, 0.15) is 206 Å². The van der Waals surface area contributed by atoms with Crippen LogP contribution in [0, 0.1) is 0 Å². The zero-order valence-electron chi connectivity index (χ0n) is 35.5. The average Bonchev–Trinajstić information content (AvgIpc) is 3.18. The van der Waals surface area contributed by atoms with Gasteiger partial charge in [-0.25, -0.2) is 4.57 Å². The minimum absolute atomic E-state index is 0.0696. The van der Waals surface area contributed by atoms with Gasteiger partial charge in [-0.15, -0.1) is 0 Å². The summed E-state index contributed by atoms with van der Waals surface area (Å²) in [5.41, 5.74) is 0. The van der Waals surface area contributed by atoms with Gasteiger partial charge in [-0.05, 0) is 12.8 Å². The number of hydrogen-bond acceptors (Lipinski definition) is 11. The Balaban J connectivity index is 2.29. The number of carbonyl (C=O) groups excluding carboxylic acids is 1. The third-order valence-electron chi connectivity index (χ3n) is 11.0. The number of hydrogen-bond donors (Lipinski definition) is 6. The lowest BCUT2D eigenvalue weighted by Crippen LogP contribution is -2.64. The van der Waals surface area contributed by atoms with Gasteiger partial charge in [-0.2, -0.15) is 0 Å². The van der Waals surface area contributed by atoms with E-state index in [1.165, 1.54) is 141 Å². The van der Waals surface area contributed by atoms with Crippen LogP contribution in [0.4, 0.5) is 0 Å². The normalized spacial score (nSPS) is 22.9. The first-order chi connectivity index (χ1) is 27.0. The SMILES string of the molecule is CCCCCCCCCCCCCCCCCCCCCCCC(=O)OC(COCCCCCCCCCC)COP(=O)(O)OC1C(O)C(O)C(O)C(O)C1O. The number of aliphatic hydroxyl groups excluding tert-OH is 5. The van der Waals surface area contributed by atoms with Crippen molar-refractivity contribution in [2.75, 3.05) is 19.8 Å². The minimum atomic E-state index is -5.00. The topological polar surface area (TPSA) is 192 Å². The zero-order valence-corrected chi connectivity index (χ0v) is 36.4. The minimum Gasteiger partial charge on any atom is -0.457 e. The predicted molar refractivity (Wildman–Crippen MR) is 221 cm³/mol. The molecule has 0 heterocycles. The van der Waals surface area contributed by atoms with Crippen molar-refractivity contribution >= 4 is 13.8 Å². The first-order valence-electron chi connectivity index (χ1n) is 22.9. The van der Waals surface area contributed by atoms with Crippen LogP contribution in [0.15, 0.2) is 0 Å². The van der Waals surface area contributed by atoms with Crippen LogP contribution in [0.3, 0.4) is 0 Å². The molecular weight excluding hydrogens is 739 g/mol. The van der Waals surface area contributed by atoms with Crippen molar-refractivity contribution in [2.24, 2.45) is 0 Å². The van der Waals surface area contributed by atoms with E-state index in [0.29, 0.717) is 13.0 Å². The molecule has 1 aliphatic rings. The highest BCUT2D eigenvalue weighted by Crippen LogP contribution is 2.47. The van der Waals surface area contributed by atoms with E-state index in [1.807, 2.05) is 0 Å². The average molecular weight is 825 g/mol. The highest BCUT2D eigenvalue weighted by molar-refractivity contribution is 7.47. The summed E-state index contributed by atoms with van der Waals surface area (Å²) in [5, 5.41) is 50.0. The van der Waals surface area contributed by atoms with Crippen LogP contribution >= 0.6 is 7.82 Å². The van der Waals surface area contributed by atoms with Gasteiger partial charge in [0.2, 0.25) is 0 Å². The molecule has 1 saturated carbocycles. The maximum Gasteiger partial charge on any atom is 0.472 e. The molecule has 1 rings (SSSR count). The zero-order chi connectivity index (χ0) is 41.3. The van der Waals surface area contributed by atoms with Gasteiger partial charge in [-0.1, -0.05) is 187 Å². The van der Waals surface area contributed by atoms with Gasteiger partial charge in [-0.3, -0.25) is 13.8 Å². The fourth-order valence-electron chi connectivity index (χ4n) is 7.30. The van der Waals surface area contributed by atoms with E-state index >= 15 is 0 Å². The van der Waals surface area contributed by atoms with Crippen molar-refractivity contribution in [1.29, 1.82) is 0 Å². The summed E-state index contributed by atoms with van der Waals surface area (Å²) < 4.78 is 34.0. The Morgan fingerprint density at radius 3 is 1.23 bits per heavy atom. The molecule has 1 fully saturated rings. The molecule has 56 heavy (non-hydrogen) atoms. The molecule has 0 spiro atoms. The molecule has 12 nitrogen and oxygen atoms in total. The molecule has 13 heteroatoms. The second-order valence-corrected chi connectivity index (χ2v) is 17.7. The van der Waals surface area contributed by atoms with Crippen LogP contribution in [0.2, 0.25) is 0 Å². The van der Waals surface area contributed by atoms with Crippen molar-refractivity contribution in [3.8, 4) is 0 Å². The highest BCUT2D eigenvalue weighted by Gasteiger charge is 2.51. The lowest BCUT2D eigenvalue weighted by atomic mass is 9.85. The number of aliphatic hydroxyl groups is 5. The van der Waals surface area contributed by atoms with Gasteiger partial charge in [0.05, 0.1) is 13.2 Å². The Bertz CT molecular complexity index is 942. The molecule has 6 N–H and O–H groups in total. The number of esters is 1. The van der Waals surface area contributed by atoms with Crippen LogP contribution in [0.25, 0.3) is 0 Å². The maximum atomic E-state index is 12.8. The molecule has 1 aliphatic carbocycles. The Kier molecular flexibility index (Phi) is 33.5. The van der Waals surface area contributed by atoms with Crippen molar-refractivity contribution in [3.05, 3.63) is 0 Å². The van der Waals surface area contributed by atoms with E-state index in [1.54, 1.807) is 0 Å². The van der Waals surface area contributed by atoms with Crippen molar-refractivity contribution in [2.45, 2.75) is 249 Å². The third kappa shape index (κ3) is 27.2. The number of phosphoric acid groups is 1. The molecule has 0 bridgehead atoms. The molecule has 0 saturated heterocycles. The van der Waals surface area contributed by atoms with Crippen LogP contribution in [-0.2, 0) is 27.9 Å². The first-order valence-corrected chi connectivity index (χ1v) is 24.4. The van der Waals surface area contributed by atoms with Crippen molar-refractivity contribution < 1.29 is 58.3 Å². The number of carbonyl (C=O) groups is 1. The summed E-state index contributed by atoms with van der Waals surface area (Å²) in [6, 6.07) is 0. The molecule has 6 unspecified atom stereocenters. The third-order valence-corrected chi connectivity index (χ3v) is 12.0. The van der Waals surface area contributed by atoms with E-state index in [9.17, 15) is 39.8 Å². The van der Waals surface area contributed by atoms with E-state index in [2.05, 4.69) is 13.8 Å². The Hall–Kier alpha value is -0.660. The molecule has 0 aromatic rings. The summed E-state index contributed by atoms with van der Waals surface area (Å²) in [7, 11) is -5.00. The summed E-state index contributed by atoms with van der Waals surface area (Å²) in [5.74, 6) is -0.473. The molecular formula is C43H85O12P. The summed E-state index contributed by atoms with van der Waals surface area (Å²) in [6.45, 7) is 4.25. The van der Waals surface area contributed by atoms with Gasteiger partial charge in [0, 0.05) is 13.0 Å². The molecule has 6 atom stereocenters. The maximum absolute atomic E-state index is 12.8. The van der Waals surface area contributed by atoms with E-state index in [0.717, 1.165) is 38.5 Å². The summed E-state index contributed by atoms with van der Waals surface area (Å²) in [6.07, 6.45) is 23.4. The highest BCUT2D eigenvalue weighted by atomic mass is 31.2. The second-order valence-electron chi connectivity index (χ2n) is 16.3. The molecule has 0 amide bonds. The number of ether oxygens (including phenoxy) is 2. The van der Waals surface area contributed by atoms with Gasteiger partial charge >= 0.3 is 13.8 Å². The molecule has 0 radical (unpaired) electrons. The standard InChI is InChI=1S/C43H85O12P/c1-3-5-7-9-11-13-14-15-16-17-18-19-20-21-22-23-24-25-26-28-30-32-37(44)54-36(34-52-33-31-29-27-12-10-8-6-4-2)35-53-56(50,51)55-43-41(48)39(46)38(45)40(47)42(43)49/h36,38-43,45-49H,3-35H2,1-2H3,(H,50,51). The summed E-state index contributed by atoms with van der Waals surface area (Å²) >= 11 is 0. The lowest BCUT2D eigenvalue weighted by molar-refractivity contribution is -0.220. The summed E-state index contributed by atoms with van der Waals surface area (Å²) in [4.78, 5) is 23.1. The van der Waals surface area contributed by atoms with E-state index < -0.39 is 63.1 Å². The Morgan fingerprint density at radius 2 is 0.839 bits per heavy atom. The smallest absolute Gasteiger partial charge is 0.457 e. The van der Waals surface area contributed by atoms with Crippen molar-refractivity contribution in [1.82, 2.24) is 0 Å². The number of phosphoric ester groups is 1. The number of rotatable bonds is 39. The largest absolute Gasteiger partial charge is 0.472 e. The molecule has 0 aliphatic heterocycles. The van der Waals surface area contributed by atoms with E-state index in [-0.39, 0.29) is 13.0 Å². The van der Waals surface area contributed by atoms with E-state index in [4.69, 9.17) is 18.5 Å². The monoisotopic (exact) mass is 825 g/mol. The van der Waals surface area contributed by atoms with Gasteiger partial charge in [0.25, 0.3) is 0 Å². The Labute approximate surface area is 340 Å². The van der Waals surface area contributed by atoms with Crippen LogP contribution in [-0.4, -0.2) is 98.9 Å². The van der Waals surface area contributed by atoms with Crippen LogP contribution in [0.5, 0.6) is 0 Å². The van der Waals surface area contributed by atoms with Gasteiger partial charge < -0.3 is 39.9 Å². The fourth-order valence-corrected chi connectivity index (χ4v) is 8.27. The Morgan fingerprint density at radius 1 is 0.500 bits per heavy atom. The van der Waals surface area contributed by atoms with Crippen LogP contribution < -0.4 is 0 Å².